The number of hydrogen-bond acceptors (Lipinski definition) is 4. The molecule has 0 saturated carbocycles. The molecule has 142 valence electrons. The highest BCUT2D eigenvalue weighted by Gasteiger charge is 2.44. The lowest BCUT2D eigenvalue weighted by Crippen LogP contribution is -2.50. The van der Waals surface area contributed by atoms with Crippen molar-refractivity contribution >= 4 is 17.7 Å². The molecule has 0 radical (unpaired) electrons. The highest BCUT2D eigenvalue weighted by Crippen LogP contribution is 2.40. The van der Waals surface area contributed by atoms with Gasteiger partial charge in [0.15, 0.2) is 5.78 Å². The molecule has 1 N–H and O–H groups in total. The highest BCUT2D eigenvalue weighted by molar-refractivity contribution is 6.03. The quantitative estimate of drug-likeness (QED) is 0.831. The van der Waals surface area contributed by atoms with E-state index < -0.39 is 29.7 Å². The van der Waals surface area contributed by atoms with Crippen molar-refractivity contribution in [3.8, 4) is 0 Å². The molecule has 1 aliphatic carbocycles. The fraction of sp³-hybridized carbons (Fsp3) is 0.227. The standard InChI is InChI=1S/C22H18FNO4/c23-15-11-9-13(10-12-15)18-19-16(25)7-4-8-17(19)28-22(27)20(18)24-21(26)14-5-2-1-3-6-14/h1-3,5-6,9-12,18,20H,4,7-8H2,(H,24,26)/t18-,20-/m1/s1. The van der Waals surface area contributed by atoms with Crippen LogP contribution in [0.1, 0.15) is 41.1 Å². The Kier molecular flexibility index (Phi) is 4.77. The van der Waals surface area contributed by atoms with Gasteiger partial charge in [-0.15, -0.1) is 0 Å². The number of ketones is 1. The zero-order valence-electron chi connectivity index (χ0n) is 15.0. The van der Waals surface area contributed by atoms with Crippen LogP contribution in [0, 0.1) is 5.82 Å². The van der Waals surface area contributed by atoms with Gasteiger partial charge in [-0.05, 0) is 36.2 Å². The molecule has 6 heteroatoms. The van der Waals surface area contributed by atoms with Gasteiger partial charge in [-0.3, -0.25) is 9.59 Å². The Hall–Kier alpha value is -3.28. The minimum Gasteiger partial charge on any atom is -0.429 e. The molecule has 2 aromatic carbocycles. The van der Waals surface area contributed by atoms with Crippen LogP contribution in [0.15, 0.2) is 65.9 Å². The average molecular weight is 379 g/mol. The minimum absolute atomic E-state index is 0.109. The van der Waals surface area contributed by atoms with E-state index >= 15 is 0 Å². The third-order valence-corrected chi connectivity index (χ3v) is 5.08. The maximum atomic E-state index is 13.4. The first-order valence-corrected chi connectivity index (χ1v) is 9.14. The van der Waals surface area contributed by atoms with Gasteiger partial charge in [0.05, 0.1) is 0 Å². The monoisotopic (exact) mass is 379 g/mol. The summed E-state index contributed by atoms with van der Waals surface area (Å²) in [5, 5.41) is 2.71. The molecule has 2 aromatic rings. The van der Waals surface area contributed by atoms with Crippen LogP contribution in [0.4, 0.5) is 4.39 Å². The number of ether oxygens (including phenoxy) is 1. The molecular formula is C22H18FNO4. The maximum Gasteiger partial charge on any atom is 0.334 e. The third-order valence-electron chi connectivity index (χ3n) is 5.08. The largest absolute Gasteiger partial charge is 0.429 e. The van der Waals surface area contributed by atoms with Gasteiger partial charge >= 0.3 is 5.97 Å². The first-order chi connectivity index (χ1) is 13.5. The second kappa shape index (κ2) is 7.38. The summed E-state index contributed by atoms with van der Waals surface area (Å²) in [6.45, 7) is 0. The summed E-state index contributed by atoms with van der Waals surface area (Å²) in [5.74, 6) is -1.94. The Morgan fingerprint density at radius 1 is 1.00 bits per heavy atom. The van der Waals surface area contributed by atoms with Crippen molar-refractivity contribution in [3.05, 3.63) is 82.9 Å². The molecule has 2 atom stereocenters. The lowest BCUT2D eigenvalue weighted by molar-refractivity contribution is -0.144. The van der Waals surface area contributed by atoms with E-state index in [4.69, 9.17) is 4.74 Å². The summed E-state index contributed by atoms with van der Waals surface area (Å²) in [4.78, 5) is 38.0. The number of nitrogens with one attached hydrogen (secondary N) is 1. The van der Waals surface area contributed by atoms with Crippen LogP contribution >= 0.6 is 0 Å². The van der Waals surface area contributed by atoms with Crippen LogP contribution in [0.3, 0.4) is 0 Å². The van der Waals surface area contributed by atoms with Gasteiger partial charge < -0.3 is 10.1 Å². The lowest BCUT2D eigenvalue weighted by atomic mass is 9.77. The number of esters is 1. The molecule has 0 unspecified atom stereocenters. The molecule has 4 rings (SSSR count). The second-order valence-electron chi connectivity index (χ2n) is 6.88. The minimum atomic E-state index is -1.07. The van der Waals surface area contributed by atoms with Crippen LogP contribution in [0.2, 0.25) is 0 Å². The van der Waals surface area contributed by atoms with Crippen molar-refractivity contribution in [2.75, 3.05) is 0 Å². The van der Waals surface area contributed by atoms with E-state index in [1.54, 1.807) is 30.3 Å². The molecule has 0 aromatic heterocycles. The van der Waals surface area contributed by atoms with Crippen LogP contribution in [0.25, 0.3) is 0 Å². The second-order valence-corrected chi connectivity index (χ2v) is 6.88. The number of Topliss-reactive ketones (excluding diaryl/α,β-unsaturated/α-hetero) is 1. The van der Waals surface area contributed by atoms with Crippen LogP contribution in [-0.4, -0.2) is 23.7 Å². The van der Waals surface area contributed by atoms with Crippen molar-refractivity contribution in [1.82, 2.24) is 5.32 Å². The predicted molar refractivity (Wildman–Crippen MR) is 98.8 cm³/mol. The number of benzene rings is 2. The number of amides is 1. The summed E-state index contributed by atoms with van der Waals surface area (Å²) in [6, 6.07) is 13.0. The predicted octanol–water partition coefficient (Wildman–Crippen LogP) is 3.27. The third kappa shape index (κ3) is 3.33. The molecule has 2 aliphatic rings. The van der Waals surface area contributed by atoms with Gasteiger partial charge in [0.25, 0.3) is 5.91 Å². The molecule has 0 saturated heterocycles. The van der Waals surface area contributed by atoms with Gasteiger partial charge in [-0.25, -0.2) is 9.18 Å². The first-order valence-electron chi connectivity index (χ1n) is 9.14. The van der Waals surface area contributed by atoms with Crippen molar-refractivity contribution in [1.29, 1.82) is 0 Å². The number of hydrogen-bond donors (Lipinski definition) is 1. The van der Waals surface area contributed by atoms with E-state index in [9.17, 15) is 18.8 Å². The highest BCUT2D eigenvalue weighted by atomic mass is 19.1. The van der Waals surface area contributed by atoms with Crippen LogP contribution in [0.5, 0.6) is 0 Å². The normalized spacial score (nSPS) is 21.8. The van der Waals surface area contributed by atoms with Crippen LogP contribution < -0.4 is 5.32 Å². The van der Waals surface area contributed by atoms with Crippen molar-refractivity contribution in [2.24, 2.45) is 0 Å². The van der Waals surface area contributed by atoms with E-state index in [0.29, 0.717) is 41.7 Å². The zero-order chi connectivity index (χ0) is 19.7. The summed E-state index contributed by atoms with van der Waals surface area (Å²) >= 11 is 0. The topological polar surface area (TPSA) is 72.5 Å². The van der Waals surface area contributed by atoms with Gasteiger partial charge in [-0.2, -0.15) is 0 Å². The average Bonchev–Trinajstić information content (AvgIpc) is 2.70. The Morgan fingerprint density at radius 3 is 2.43 bits per heavy atom. The van der Waals surface area contributed by atoms with Gasteiger partial charge in [0.1, 0.15) is 17.6 Å². The lowest BCUT2D eigenvalue weighted by Gasteiger charge is -2.35. The maximum absolute atomic E-state index is 13.4. The van der Waals surface area contributed by atoms with Crippen LogP contribution in [-0.2, 0) is 14.3 Å². The molecule has 0 bridgehead atoms. The zero-order valence-corrected chi connectivity index (χ0v) is 15.0. The van der Waals surface area contributed by atoms with Gasteiger partial charge in [0.2, 0.25) is 0 Å². The first kappa shape index (κ1) is 18.1. The molecule has 0 fully saturated rings. The summed E-state index contributed by atoms with van der Waals surface area (Å²) in [7, 11) is 0. The number of carbonyl (C=O) groups is 3. The number of allylic oxidation sites excluding steroid dienone is 1. The van der Waals surface area contributed by atoms with E-state index in [-0.39, 0.29) is 5.78 Å². The van der Waals surface area contributed by atoms with Crippen molar-refractivity contribution in [2.45, 2.75) is 31.2 Å². The van der Waals surface area contributed by atoms with E-state index in [1.165, 1.54) is 24.3 Å². The Labute approximate surface area is 161 Å². The summed E-state index contributed by atoms with van der Waals surface area (Å²) < 4.78 is 18.8. The molecule has 1 amide bonds. The van der Waals surface area contributed by atoms with Crippen molar-refractivity contribution in [3.63, 3.8) is 0 Å². The molecule has 28 heavy (non-hydrogen) atoms. The number of carbonyl (C=O) groups excluding carboxylic acids is 3. The summed E-state index contributed by atoms with van der Waals surface area (Å²) in [5.41, 5.74) is 1.37. The molecule has 0 spiro atoms. The fourth-order valence-corrected chi connectivity index (χ4v) is 3.76. The van der Waals surface area contributed by atoms with E-state index in [1.807, 2.05) is 0 Å². The Balaban J connectivity index is 1.75. The Bertz CT molecular complexity index is 966. The van der Waals surface area contributed by atoms with E-state index in [2.05, 4.69) is 5.32 Å². The van der Waals surface area contributed by atoms with E-state index in [0.717, 1.165) is 0 Å². The smallest absolute Gasteiger partial charge is 0.334 e. The molecular weight excluding hydrogens is 361 g/mol. The van der Waals surface area contributed by atoms with Gasteiger partial charge in [0, 0.05) is 29.9 Å². The number of halogens is 1. The molecule has 1 aliphatic heterocycles. The SMILES string of the molecule is O=C1CCCC2=C1[C@@H](c1ccc(F)cc1)[C@@H](NC(=O)c1ccccc1)C(=O)O2. The summed E-state index contributed by atoms with van der Waals surface area (Å²) in [6.07, 6.45) is 1.46. The number of rotatable bonds is 3. The Morgan fingerprint density at radius 2 is 1.71 bits per heavy atom. The van der Waals surface area contributed by atoms with Crippen molar-refractivity contribution < 1.29 is 23.5 Å². The molecule has 5 nitrogen and oxygen atoms in total. The fourth-order valence-electron chi connectivity index (χ4n) is 3.76. The van der Waals surface area contributed by atoms with Gasteiger partial charge in [-0.1, -0.05) is 30.3 Å². The molecule has 1 heterocycles.